The van der Waals surface area contributed by atoms with E-state index in [1.807, 2.05) is 27.7 Å². The summed E-state index contributed by atoms with van der Waals surface area (Å²) in [6.07, 6.45) is 0. The molecule has 0 heterocycles. The fourth-order valence-electron chi connectivity index (χ4n) is 1.42. The van der Waals surface area contributed by atoms with Crippen molar-refractivity contribution >= 4 is 8.80 Å². The molecule has 0 saturated heterocycles. The molecule has 0 aliphatic carbocycles. The van der Waals surface area contributed by atoms with Gasteiger partial charge in [-0.25, -0.2) is 0 Å². The van der Waals surface area contributed by atoms with E-state index in [-0.39, 0.29) is 0 Å². The van der Waals surface area contributed by atoms with Crippen LogP contribution in [0.2, 0.25) is 6.04 Å². The van der Waals surface area contributed by atoms with Crippen LogP contribution < -0.4 is 16.8 Å². The minimum Gasteiger partial charge on any atom is -0.374 e. The van der Waals surface area contributed by atoms with Gasteiger partial charge in [0.15, 0.2) is 0 Å². The van der Waals surface area contributed by atoms with Crippen LogP contribution in [0.3, 0.4) is 0 Å². The topological polar surface area (TPSA) is 91.8 Å². The maximum Gasteiger partial charge on any atom is 0.500 e. The Labute approximate surface area is 119 Å². The molecular weight excluding hydrogens is 262 g/mol. The van der Waals surface area contributed by atoms with E-state index in [0.29, 0.717) is 32.9 Å². The summed E-state index contributed by atoms with van der Waals surface area (Å²) in [6, 6.07) is 0.850. The van der Waals surface area contributed by atoms with Crippen LogP contribution in [-0.4, -0.2) is 54.8 Å². The van der Waals surface area contributed by atoms with Crippen molar-refractivity contribution in [3.63, 3.8) is 0 Å². The van der Waals surface area contributed by atoms with Crippen LogP contribution >= 0.6 is 0 Å². The van der Waals surface area contributed by atoms with Crippen LogP contribution in [0.1, 0.15) is 27.7 Å². The van der Waals surface area contributed by atoms with Gasteiger partial charge in [-0.2, -0.15) is 0 Å². The second-order valence-corrected chi connectivity index (χ2v) is 6.60. The lowest BCUT2D eigenvalue weighted by Gasteiger charge is -2.26. The zero-order valence-corrected chi connectivity index (χ0v) is 14.0. The lowest BCUT2D eigenvalue weighted by atomic mass is 10.6. The predicted octanol–water partition coefficient (Wildman–Crippen LogP) is 0.548. The summed E-state index contributed by atoms with van der Waals surface area (Å²) in [5.41, 5.74) is 10.3. The third kappa shape index (κ3) is 12.7. The van der Waals surface area contributed by atoms with Gasteiger partial charge < -0.3 is 30.1 Å². The molecule has 0 saturated carbocycles. The van der Waals surface area contributed by atoms with Gasteiger partial charge in [0.25, 0.3) is 0 Å². The van der Waals surface area contributed by atoms with Crippen LogP contribution in [0.5, 0.6) is 0 Å². The van der Waals surface area contributed by atoms with Crippen molar-refractivity contribution in [2.24, 2.45) is 11.5 Å². The molecule has 0 amide bonds. The summed E-state index contributed by atoms with van der Waals surface area (Å²) in [5, 5.41) is 3.03. The summed E-state index contributed by atoms with van der Waals surface area (Å²) in [5.74, 6) is 0. The van der Waals surface area contributed by atoms with Crippen molar-refractivity contribution in [1.82, 2.24) is 5.32 Å². The zero-order chi connectivity index (χ0) is 15.0. The van der Waals surface area contributed by atoms with Gasteiger partial charge in [0.05, 0.1) is 0 Å². The van der Waals surface area contributed by atoms with Crippen molar-refractivity contribution in [2.45, 2.75) is 33.7 Å². The van der Waals surface area contributed by atoms with Gasteiger partial charge in [0.2, 0.25) is 0 Å². The smallest absolute Gasteiger partial charge is 0.374 e. The number of nitrogens with two attached hydrogens (primary N) is 2. The molecule has 118 valence electrons. The quantitative estimate of drug-likeness (QED) is 0.381. The number of rotatable bonds is 11. The average Bonchev–Trinajstić information content (AvgIpc) is 2.41. The molecule has 0 fully saturated rings. The first kappa shape index (κ1) is 21.3. The standard InChI is InChI=1S/C8H20O3Si.C4H13N3/c1-5-9-12(8-4,10-6-2)11-7-3;5-1-3-7-4-2-6/h5-8H2,1-4H3;7H,1-6H2. The molecule has 0 aromatic carbocycles. The second-order valence-electron chi connectivity index (χ2n) is 3.66. The molecule has 0 aromatic rings. The van der Waals surface area contributed by atoms with Crippen LogP contribution in [0.15, 0.2) is 0 Å². The molecule has 0 aromatic heterocycles. The Kier molecular flexibility index (Phi) is 18.0. The van der Waals surface area contributed by atoms with E-state index < -0.39 is 8.80 Å². The molecular formula is C12H33N3O3Si. The summed E-state index contributed by atoms with van der Waals surface area (Å²) < 4.78 is 16.7. The van der Waals surface area contributed by atoms with Crippen molar-refractivity contribution < 1.29 is 13.3 Å². The molecule has 7 heteroatoms. The lowest BCUT2D eigenvalue weighted by Crippen LogP contribution is -2.45. The van der Waals surface area contributed by atoms with Crippen molar-refractivity contribution in [2.75, 3.05) is 46.0 Å². The summed E-state index contributed by atoms with van der Waals surface area (Å²) in [4.78, 5) is 0. The first-order valence-corrected chi connectivity index (χ1v) is 9.12. The molecule has 19 heavy (non-hydrogen) atoms. The maximum atomic E-state index is 5.55. The number of hydrogen-bond acceptors (Lipinski definition) is 6. The molecule has 0 atom stereocenters. The molecule has 6 nitrogen and oxygen atoms in total. The Balaban J connectivity index is 0. The lowest BCUT2D eigenvalue weighted by molar-refractivity contribution is 0.0725. The molecule has 0 aliphatic rings. The van der Waals surface area contributed by atoms with Crippen molar-refractivity contribution in [3.05, 3.63) is 0 Å². The molecule has 5 N–H and O–H groups in total. The minimum atomic E-state index is -2.27. The Hall–Kier alpha value is -0.0231. The van der Waals surface area contributed by atoms with Gasteiger partial charge >= 0.3 is 8.80 Å². The average molecular weight is 296 g/mol. The Morgan fingerprint density at radius 3 is 1.37 bits per heavy atom. The second kappa shape index (κ2) is 16.0. The van der Waals surface area contributed by atoms with E-state index in [0.717, 1.165) is 19.1 Å². The van der Waals surface area contributed by atoms with E-state index in [2.05, 4.69) is 5.32 Å². The van der Waals surface area contributed by atoms with Gasteiger partial charge in [-0.3, -0.25) is 0 Å². The third-order valence-corrected chi connectivity index (χ3v) is 5.22. The highest BCUT2D eigenvalue weighted by atomic mass is 28.4. The Morgan fingerprint density at radius 2 is 1.16 bits per heavy atom. The van der Waals surface area contributed by atoms with Crippen LogP contribution in [0.4, 0.5) is 0 Å². The van der Waals surface area contributed by atoms with Crippen LogP contribution in [-0.2, 0) is 13.3 Å². The van der Waals surface area contributed by atoms with Crippen molar-refractivity contribution in [3.8, 4) is 0 Å². The first-order chi connectivity index (χ1) is 9.16. The number of nitrogens with one attached hydrogen (secondary N) is 1. The molecule has 0 radical (unpaired) electrons. The zero-order valence-electron chi connectivity index (χ0n) is 13.0. The Bertz CT molecular complexity index is 155. The normalized spacial score (nSPS) is 11.1. The van der Waals surface area contributed by atoms with Gasteiger partial charge in [0.1, 0.15) is 0 Å². The van der Waals surface area contributed by atoms with Crippen molar-refractivity contribution in [1.29, 1.82) is 0 Å². The van der Waals surface area contributed by atoms with E-state index in [4.69, 9.17) is 24.7 Å². The summed E-state index contributed by atoms with van der Waals surface area (Å²) in [6.45, 7) is 13.1. The summed E-state index contributed by atoms with van der Waals surface area (Å²) in [7, 11) is -2.27. The molecule has 0 spiro atoms. The van der Waals surface area contributed by atoms with E-state index in [1.54, 1.807) is 0 Å². The minimum absolute atomic E-state index is 0.667. The van der Waals surface area contributed by atoms with E-state index in [1.165, 1.54) is 0 Å². The van der Waals surface area contributed by atoms with Gasteiger partial charge in [-0.15, -0.1) is 0 Å². The SMILES string of the molecule is CCO[Si](CC)(OCC)OCC.NCCNCCN. The molecule has 0 unspecified atom stereocenters. The fraction of sp³-hybridized carbons (Fsp3) is 1.00. The monoisotopic (exact) mass is 295 g/mol. The highest BCUT2D eigenvalue weighted by Crippen LogP contribution is 2.14. The van der Waals surface area contributed by atoms with Gasteiger partial charge in [0, 0.05) is 52.0 Å². The third-order valence-electron chi connectivity index (χ3n) is 2.17. The molecule has 0 bridgehead atoms. The van der Waals surface area contributed by atoms with E-state index in [9.17, 15) is 0 Å². The summed E-state index contributed by atoms with van der Waals surface area (Å²) >= 11 is 0. The highest BCUT2D eigenvalue weighted by molar-refractivity contribution is 6.60. The Morgan fingerprint density at radius 1 is 0.789 bits per heavy atom. The van der Waals surface area contributed by atoms with E-state index >= 15 is 0 Å². The first-order valence-electron chi connectivity index (χ1n) is 7.18. The molecule has 0 aliphatic heterocycles. The van der Waals surface area contributed by atoms with Crippen LogP contribution in [0, 0.1) is 0 Å². The number of hydrogen-bond donors (Lipinski definition) is 3. The molecule has 0 rings (SSSR count). The van der Waals surface area contributed by atoms with Crippen LogP contribution in [0.25, 0.3) is 0 Å². The fourth-order valence-corrected chi connectivity index (χ4v) is 3.60. The van der Waals surface area contributed by atoms with Gasteiger partial charge in [-0.1, -0.05) is 6.92 Å². The largest absolute Gasteiger partial charge is 0.500 e. The maximum absolute atomic E-state index is 5.55. The highest BCUT2D eigenvalue weighted by Gasteiger charge is 2.37. The van der Waals surface area contributed by atoms with Gasteiger partial charge in [-0.05, 0) is 20.8 Å². The predicted molar refractivity (Wildman–Crippen MR) is 82.1 cm³/mol.